The zero-order valence-electron chi connectivity index (χ0n) is 14.2. The molecule has 2 N–H and O–H groups in total. The first kappa shape index (κ1) is 15.6. The lowest BCUT2D eigenvalue weighted by molar-refractivity contribution is 0.00749. The maximum Gasteiger partial charge on any atom is 0.119 e. The second kappa shape index (κ2) is 6.19. The third-order valence-corrected chi connectivity index (χ3v) is 5.91. The first-order valence-corrected chi connectivity index (χ1v) is 8.76. The van der Waals surface area contributed by atoms with E-state index in [2.05, 4.69) is 34.7 Å². The molecule has 0 radical (unpaired) electrons. The largest absolute Gasteiger partial charge is 0.497 e. The molecule has 0 spiro atoms. The summed E-state index contributed by atoms with van der Waals surface area (Å²) in [7, 11) is 1.69. The predicted molar refractivity (Wildman–Crippen MR) is 97.0 cm³/mol. The number of benzene rings is 1. The Morgan fingerprint density at radius 2 is 2.29 bits per heavy atom. The minimum Gasteiger partial charge on any atom is -0.497 e. The van der Waals surface area contributed by atoms with E-state index < -0.39 is 0 Å². The third kappa shape index (κ3) is 2.50. The van der Waals surface area contributed by atoms with Gasteiger partial charge in [-0.15, -0.1) is 6.58 Å². The number of methoxy groups -OCH3 is 1. The molecule has 3 fully saturated rings. The Hall–Kier alpha value is -1.91. The molecule has 4 heteroatoms. The molecule has 3 saturated heterocycles. The Morgan fingerprint density at radius 1 is 1.42 bits per heavy atom. The minimum absolute atomic E-state index is 0.00354. The van der Waals surface area contributed by atoms with Gasteiger partial charge in [-0.05, 0) is 61.1 Å². The number of nitrogens with two attached hydrogens (primary N) is 1. The zero-order chi connectivity index (χ0) is 16.7. The molecule has 0 saturated carbocycles. The van der Waals surface area contributed by atoms with Crippen LogP contribution in [0, 0.1) is 11.8 Å². The SMILES string of the molecule is C=C[C@H]1C[N@@]2CCC1CC2[C@@H](N)c1ccnc2ccc(OC)cc12. The van der Waals surface area contributed by atoms with Gasteiger partial charge in [-0.25, -0.2) is 0 Å². The van der Waals surface area contributed by atoms with Crippen molar-refractivity contribution in [3.63, 3.8) is 0 Å². The summed E-state index contributed by atoms with van der Waals surface area (Å²) in [6.07, 6.45) is 6.43. The van der Waals surface area contributed by atoms with E-state index in [0.29, 0.717) is 12.0 Å². The van der Waals surface area contributed by atoms with E-state index in [-0.39, 0.29) is 6.04 Å². The van der Waals surface area contributed by atoms with E-state index in [1.54, 1.807) is 7.11 Å². The summed E-state index contributed by atoms with van der Waals surface area (Å²) in [6.45, 7) is 6.26. The molecule has 2 unspecified atom stereocenters. The van der Waals surface area contributed by atoms with Gasteiger partial charge in [-0.1, -0.05) is 6.08 Å². The van der Waals surface area contributed by atoms with Crippen molar-refractivity contribution >= 4 is 10.9 Å². The molecule has 4 nitrogen and oxygen atoms in total. The third-order valence-electron chi connectivity index (χ3n) is 5.91. The minimum atomic E-state index is -0.00354. The predicted octanol–water partition coefficient (Wildman–Crippen LogP) is 3.14. The monoisotopic (exact) mass is 323 g/mol. The van der Waals surface area contributed by atoms with Crippen molar-refractivity contribution in [2.24, 2.45) is 17.6 Å². The van der Waals surface area contributed by atoms with Crippen LogP contribution >= 0.6 is 0 Å². The fourth-order valence-electron chi connectivity index (χ4n) is 4.52. The number of rotatable bonds is 4. The Bertz CT molecular complexity index is 760. The molecule has 0 aliphatic carbocycles. The quantitative estimate of drug-likeness (QED) is 0.878. The second-order valence-electron chi connectivity index (χ2n) is 7.06. The first-order valence-electron chi connectivity index (χ1n) is 8.76. The van der Waals surface area contributed by atoms with Crippen LogP contribution in [0.4, 0.5) is 0 Å². The molecule has 1 aromatic carbocycles. The summed E-state index contributed by atoms with van der Waals surface area (Å²) in [6, 6.07) is 8.48. The van der Waals surface area contributed by atoms with Crippen molar-refractivity contribution in [3.05, 3.63) is 48.7 Å². The number of hydrogen-bond donors (Lipinski definition) is 1. The molecule has 5 atom stereocenters. The van der Waals surface area contributed by atoms with E-state index in [1.165, 1.54) is 12.0 Å². The molecule has 3 aliphatic rings. The van der Waals surface area contributed by atoms with E-state index >= 15 is 0 Å². The normalized spacial score (nSPS) is 30.2. The van der Waals surface area contributed by atoms with Crippen molar-refractivity contribution in [2.75, 3.05) is 20.2 Å². The van der Waals surface area contributed by atoms with Crippen LogP contribution in [0.15, 0.2) is 43.1 Å². The highest BCUT2D eigenvalue weighted by Gasteiger charge is 2.41. The maximum absolute atomic E-state index is 6.76. The van der Waals surface area contributed by atoms with Crippen LogP contribution in [0.25, 0.3) is 10.9 Å². The number of hydrogen-bond acceptors (Lipinski definition) is 4. The summed E-state index contributed by atoms with van der Waals surface area (Å²) in [5.74, 6) is 2.20. The van der Waals surface area contributed by atoms with Gasteiger partial charge in [0, 0.05) is 30.2 Å². The van der Waals surface area contributed by atoms with Crippen molar-refractivity contribution in [3.8, 4) is 5.75 Å². The number of aromatic nitrogens is 1. The van der Waals surface area contributed by atoms with Crippen LogP contribution in [0.2, 0.25) is 0 Å². The molecule has 24 heavy (non-hydrogen) atoms. The van der Waals surface area contributed by atoms with Gasteiger partial charge >= 0.3 is 0 Å². The van der Waals surface area contributed by atoms with Crippen molar-refractivity contribution < 1.29 is 4.74 Å². The standard InChI is InChI=1S/C20H25N3O/c1-3-13-12-23-9-7-14(13)10-19(23)20(21)16-6-8-22-18-5-4-15(24-2)11-17(16)18/h3-6,8,11,13-14,19-20H,1,7,9-10,12,21H2,2H3/t13-,14?,19?,20-/m0/s1. The summed E-state index contributed by atoms with van der Waals surface area (Å²) in [5.41, 5.74) is 8.91. The van der Waals surface area contributed by atoms with Crippen molar-refractivity contribution in [2.45, 2.75) is 24.9 Å². The van der Waals surface area contributed by atoms with Gasteiger partial charge in [0.05, 0.1) is 12.6 Å². The van der Waals surface area contributed by atoms with Gasteiger partial charge in [0.2, 0.25) is 0 Å². The molecule has 2 aromatic rings. The highest BCUT2D eigenvalue weighted by Crippen LogP contribution is 2.41. The Balaban J connectivity index is 1.69. The summed E-state index contributed by atoms with van der Waals surface area (Å²) in [5, 5.41) is 1.10. The lowest BCUT2D eigenvalue weighted by Gasteiger charge is -2.51. The van der Waals surface area contributed by atoms with Crippen LogP contribution in [-0.4, -0.2) is 36.1 Å². The maximum atomic E-state index is 6.76. The number of pyridine rings is 1. The van der Waals surface area contributed by atoms with Gasteiger partial charge < -0.3 is 10.5 Å². The Kier molecular flexibility index (Phi) is 4.02. The van der Waals surface area contributed by atoms with E-state index in [9.17, 15) is 0 Å². The molecule has 2 bridgehead atoms. The van der Waals surface area contributed by atoms with Gasteiger partial charge in [0.15, 0.2) is 0 Å². The first-order chi connectivity index (χ1) is 11.7. The number of nitrogens with zero attached hydrogens (tertiary/aromatic N) is 2. The number of fused-ring (bicyclic) bond motifs is 4. The summed E-state index contributed by atoms with van der Waals surface area (Å²) >= 11 is 0. The lowest BCUT2D eigenvalue weighted by atomic mass is 9.73. The van der Waals surface area contributed by atoms with E-state index in [0.717, 1.165) is 42.1 Å². The molecular formula is C20H25N3O. The van der Waals surface area contributed by atoms with Crippen molar-refractivity contribution in [1.29, 1.82) is 0 Å². The fraction of sp³-hybridized carbons (Fsp3) is 0.450. The summed E-state index contributed by atoms with van der Waals surface area (Å²) in [4.78, 5) is 7.04. The van der Waals surface area contributed by atoms with Crippen LogP contribution in [0.1, 0.15) is 24.4 Å². The molecule has 4 heterocycles. The average Bonchev–Trinajstić information content (AvgIpc) is 2.66. The number of piperidine rings is 3. The molecule has 1 aromatic heterocycles. The van der Waals surface area contributed by atoms with E-state index in [4.69, 9.17) is 10.5 Å². The van der Waals surface area contributed by atoms with Gasteiger partial charge in [-0.2, -0.15) is 0 Å². The molecule has 0 amide bonds. The van der Waals surface area contributed by atoms with E-state index in [1.807, 2.05) is 18.3 Å². The van der Waals surface area contributed by atoms with Crippen LogP contribution < -0.4 is 10.5 Å². The molecular weight excluding hydrogens is 298 g/mol. The van der Waals surface area contributed by atoms with Gasteiger partial charge in [0.25, 0.3) is 0 Å². The highest BCUT2D eigenvalue weighted by molar-refractivity contribution is 5.84. The van der Waals surface area contributed by atoms with Crippen LogP contribution in [0.3, 0.4) is 0 Å². The molecule has 3 aliphatic heterocycles. The summed E-state index contributed by atoms with van der Waals surface area (Å²) < 4.78 is 5.39. The topological polar surface area (TPSA) is 51.4 Å². The van der Waals surface area contributed by atoms with Crippen molar-refractivity contribution in [1.82, 2.24) is 9.88 Å². The van der Waals surface area contributed by atoms with Gasteiger partial charge in [0.1, 0.15) is 5.75 Å². The molecule has 5 rings (SSSR count). The van der Waals surface area contributed by atoms with Gasteiger partial charge in [-0.3, -0.25) is 9.88 Å². The fourth-order valence-corrected chi connectivity index (χ4v) is 4.52. The molecule has 126 valence electrons. The zero-order valence-corrected chi connectivity index (χ0v) is 14.2. The number of ether oxygens (including phenoxy) is 1. The van der Waals surface area contributed by atoms with Crippen LogP contribution in [-0.2, 0) is 0 Å². The Morgan fingerprint density at radius 3 is 3.00 bits per heavy atom. The Labute approximate surface area is 143 Å². The average molecular weight is 323 g/mol. The smallest absolute Gasteiger partial charge is 0.119 e. The lowest BCUT2D eigenvalue weighted by Crippen LogP contribution is -2.56. The van der Waals surface area contributed by atoms with Crippen LogP contribution in [0.5, 0.6) is 5.75 Å². The second-order valence-corrected chi connectivity index (χ2v) is 7.06. The highest BCUT2D eigenvalue weighted by atomic mass is 16.5.